The lowest BCUT2D eigenvalue weighted by Gasteiger charge is -2.09. The first-order valence-electron chi connectivity index (χ1n) is 7.18. The van der Waals surface area contributed by atoms with Crippen LogP contribution < -0.4 is 10.2 Å². The van der Waals surface area contributed by atoms with Crippen molar-refractivity contribution in [3.63, 3.8) is 0 Å². The summed E-state index contributed by atoms with van der Waals surface area (Å²) in [6, 6.07) is 11.2. The SMILES string of the molecule is C[C@@H](Oc1ccc(/C=N\NC(=O)c2ccc(I)c(O)c2)cc1)C(=O)O. The molecule has 0 radical (unpaired) electrons. The number of carboxylic acid groups (broad SMARTS) is 1. The van der Waals surface area contributed by atoms with Crippen LogP contribution in [0.3, 0.4) is 0 Å². The predicted octanol–water partition coefficient (Wildman–Crippen LogP) is 2.61. The van der Waals surface area contributed by atoms with Gasteiger partial charge in [0, 0.05) is 5.56 Å². The van der Waals surface area contributed by atoms with E-state index in [9.17, 15) is 14.7 Å². The Bertz CT molecular complexity index is 805. The summed E-state index contributed by atoms with van der Waals surface area (Å²) in [7, 11) is 0. The van der Waals surface area contributed by atoms with Crippen LogP contribution in [0.25, 0.3) is 0 Å². The molecule has 8 heteroatoms. The van der Waals surface area contributed by atoms with Gasteiger partial charge in [-0.05, 0) is 77.5 Å². The van der Waals surface area contributed by atoms with Gasteiger partial charge >= 0.3 is 5.97 Å². The maximum absolute atomic E-state index is 11.9. The van der Waals surface area contributed by atoms with E-state index in [2.05, 4.69) is 10.5 Å². The highest BCUT2D eigenvalue weighted by Crippen LogP contribution is 2.20. The molecule has 0 spiro atoms. The number of nitrogens with zero attached hydrogens (tertiary/aromatic N) is 1. The van der Waals surface area contributed by atoms with Gasteiger partial charge in [0.1, 0.15) is 11.5 Å². The number of amides is 1. The lowest BCUT2D eigenvalue weighted by Crippen LogP contribution is -2.22. The van der Waals surface area contributed by atoms with Crippen LogP contribution in [0.1, 0.15) is 22.8 Å². The number of ether oxygens (including phenoxy) is 1. The Morgan fingerprint density at radius 1 is 1.24 bits per heavy atom. The van der Waals surface area contributed by atoms with E-state index in [0.717, 1.165) is 0 Å². The number of aliphatic carboxylic acids is 1. The first-order valence-corrected chi connectivity index (χ1v) is 8.26. The van der Waals surface area contributed by atoms with Crippen LogP contribution in [-0.4, -0.2) is 34.4 Å². The third kappa shape index (κ3) is 5.45. The molecule has 0 aromatic heterocycles. The highest BCUT2D eigenvalue weighted by molar-refractivity contribution is 14.1. The zero-order valence-corrected chi connectivity index (χ0v) is 15.3. The zero-order valence-electron chi connectivity index (χ0n) is 13.1. The third-order valence-corrected chi connectivity index (χ3v) is 4.04. The summed E-state index contributed by atoms with van der Waals surface area (Å²) >= 11 is 1.96. The summed E-state index contributed by atoms with van der Waals surface area (Å²) < 4.78 is 5.86. The van der Waals surface area contributed by atoms with Crippen LogP contribution in [0.4, 0.5) is 0 Å². The normalized spacial score (nSPS) is 11.9. The molecule has 0 bridgehead atoms. The number of rotatable bonds is 6. The topological polar surface area (TPSA) is 108 Å². The van der Waals surface area contributed by atoms with Gasteiger partial charge in [-0.3, -0.25) is 4.79 Å². The molecule has 0 saturated heterocycles. The van der Waals surface area contributed by atoms with Crippen molar-refractivity contribution in [2.45, 2.75) is 13.0 Å². The van der Waals surface area contributed by atoms with Crippen molar-refractivity contribution in [2.24, 2.45) is 5.10 Å². The van der Waals surface area contributed by atoms with Crippen molar-refractivity contribution in [3.8, 4) is 11.5 Å². The van der Waals surface area contributed by atoms with E-state index in [0.29, 0.717) is 20.4 Å². The number of hydrogen-bond donors (Lipinski definition) is 3. The Morgan fingerprint density at radius 2 is 1.92 bits per heavy atom. The van der Waals surface area contributed by atoms with Gasteiger partial charge < -0.3 is 14.9 Å². The van der Waals surface area contributed by atoms with Crippen LogP contribution >= 0.6 is 22.6 Å². The van der Waals surface area contributed by atoms with E-state index >= 15 is 0 Å². The number of aromatic hydroxyl groups is 1. The highest BCUT2D eigenvalue weighted by Gasteiger charge is 2.12. The smallest absolute Gasteiger partial charge is 0.344 e. The lowest BCUT2D eigenvalue weighted by molar-refractivity contribution is -0.144. The average molecular weight is 454 g/mol. The Balaban J connectivity index is 1.94. The second-order valence-electron chi connectivity index (χ2n) is 5.03. The van der Waals surface area contributed by atoms with Crippen molar-refractivity contribution in [3.05, 3.63) is 57.2 Å². The molecule has 2 aromatic rings. The lowest BCUT2D eigenvalue weighted by atomic mass is 10.2. The van der Waals surface area contributed by atoms with E-state index in [1.165, 1.54) is 19.2 Å². The molecule has 3 N–H and O–H groups in total. The van der Waals surface area contributed by atoms with E-state index in [1.54, 1.807) is 36.4 Å². The largest absolute Gasteiger partial charge is 0.507 e. The highest BCUT2D eigenvalue weighted by atomic mass is 127. The van der Waals surface area contributed by atoms with Crippen molar-refractivity contribution in [2.75, 3.05) is 0 Å². The number of benzene rings is 2. The molecule has 0 saturated carbocycles. The number of carboxylic acids is 1. The number of carbonyl (C=O) groups is 2. The minimum atomic E-state index is -1.05. The van der Waals surface area contributed by atoms with Crippen molar-refractivity contribution >= 4 is 40.7 Å². The minimum Gasteiger partial charge on any atom is -0.507 e. The van der Waals surface area contributed by atoms with E-state index in [4.69, 9.17) is 9.84 Å². The second kappa shape index (κ2) is 8.47. The number of hydrogen-bond acceptors (Lipinski definition) is 5. The van der Waals surface area contributed by atoms with Crippen LogP contribution in [0.15, 0.2) is 47.6 Å². The molecular formula is C17H15IN2O5. The molecule has 25 heavy (non-hydrogen) atoms. The average Bonchev–Trinajstić information content (AvgIpc) is 2.58. The number of carbonyl (C=O) groups excluding carboxylic acids is 1. The quantitative estimate of drug-likeness (QED) is 0.354. The molecule has 2 rings (SSSR count). The Hall–Kier alpha value is -2.62. The molecule has 1 amide bonds. The molecule has 0 heterocycles. The summed E-state index contributed by atoms with van der Waals surface area (Å²) in [5.74, 6) is -1.04. The number of phenols is 1. The van der Waals surface area contributed by atoms with E-state index < -0.39 is 18.0 Å². The summed E-state index contributed by atoms with van der Waals surface area (Å²) in [6.45, 7) is 1.44. The van der Waals surface area contributed by atoms with Gasteiger partial charge in [0.05, 0.1) is 9.78 Å². The van der Waals surface area contributed by atoms with Gasteiger partial charge in [-0.2, -0.15) is 5.10 Å². The fourth-order valence-electron chi connectivity index (χ4n) is 1.77. The van der Waals surface area contributed by atoms with Gasteiger partial charge in [0.25, 0.3) is 5.91 Å². The molecule has 0 unspecified atom stereocenters. The molecule has 0 fully saturated rings. The monoisotopic (exact) mass is 454 g/mol. The van der Waals surface area contributed by atoms with Crippen LogP contribution in [0, 0.1) is 3.57 Å². The molecule has 7 nitrogen and oxygen atoms in total. The van der Waals surface area contributed by atoms with Crippen LogP contribution in [0.2, 0.25) is 0 Å². The molecule has 1 atom stereocenters. The van der Waals surface area contributed by atoms with Gasteiger partial charge in [0.2, 0.25) is 0 Å². The maximum atomic E-state index is 11.9. The fourth-order valence-corrected chi connectivity index (χ4v) is 2.11. The summed E-state index contributed by atoms with van der Waals surface area (Å²) in [5.41, 5.74) is 3.35. The number of halogens is 1. The molecule has 2 aromatic carbocycles. The van der Waals surface area contributed by atoms with E-state index in [1.807, 2.05) is 22.6 Å². The maximum Gasteiger partial charge on any atom is 0.344 e. The number of hydrazone groups is 1. The van der Waals surface area contributed by atoms with Gasteiger partial charge in [-0.15, -0.1) is 0 Å². The summed E-state index contributed by atoms with van der Waals surface area (Å²) in [6.07, 6.45) is 0.499. The molecule has 0 aliphatic rings. The molecule has 130 valence electrons. The first kappa shape index (κ1) is 18.7. The standard InChI is InChI=1S/C17H15IN2O5/c1-10(17(23)24)25-13-5-2-11(3-6-13)9-19-20-16(22)12-4-7-14(18)15(21)8-12/h2-10,21H,1H3,(H,20,22)(H,23,24)/b19-9-/t10-/m1/s1. The van der Waals surface area contributed by atoms with Gasteiger partial charge in [0.15, 0.2) is 6.10 Å². The Labute approximate surface area is 157 Å². The fraction of sp³-hybridized carbons (Fsp3) is 0.118. The first-order chi connectivity index (χ1) is 11.9. The zero-order chi connectivity index (χ0) is 18.4. The molecular weight excluding hydrogens is 439 g/mol. The molecule has 0 aliphatic heterocycles. The summed E-state index contributed by atoms with van der Waals surface area (Å²) in [4.78, 5) is 22.7. The van der Waals surface area contributed by atoms with Crippen LogP contribution in [0.5, 0.6) is 11.5 Å². The number of phenolic OH excluding ortho intramolecular Hbond substituents is 1. The summed E-state index contributed by atoms with van der Waals surface area (Å²) in [5, 5.41) is 22.2. The second-order valence-corrected chi connectivity index (χ2v) is 6.19. The van der Waals surface area contributed by atoms with E-state index in [-0.39, 0.29) is 5.75 Å². The molecule has 0 aliphatic carbocycles. The Kier molecular flexibility index (Phi) is 6.34. The van der Waals surface area contributed by atoms with Crippen molar-refractivity contribution in [1.82, 2.24) is 5.43 Å². The number of nitrogens with one attached hydrogen (secondary N) is 1. The third-order valence-electron chi connectivity index (χ3n) is 3.13. The van der Waals surface area contributed by atoms with Crippen molar-refractivity contribution < 1.29 is 24.5 Å². The minimum absolute atomic E-state index is 0.0309. The van der Waals surface area contributed by atoms with Gasteiger partial charge in [-0.1, -0.05) is 0 Å². The predicted molar refractivity (Wildman–Crippen MR) is 100 cm³/mol. The van der Waals surface area contributed by atoms with Crippen molar-refractivity contribution in [1.29, 1.82) is 0 Å². The Morgan fingerprint density at radius 3 is 2.52 bits per heavy atom. The van der Waals surface area contributed by atoms with Crippen LogP contribution in [-0.2, 0) is 4.79 Å². The van der Waals surface area contributed by atoms with Gasteiger partial charge in [-0.25, -0.2) is 10.2 Å².